The van der Waals surface area contributed by atoms with Gasteiger partial charge in [-0.25, -0.2) is 4.98 Å². The van der Waals surface area contributed by atoms with Crippen molar-refractivity contribution in [2.24, 2.45) is 5.11 Å². The minimum atomic E-state index is 0.449. The van der Waals surface area contributed by atoms with Gasteiger partial charge < -0.3 is 4.42 Å². The molecule has 0 N–H and O–H groups in total. The van der Waals surface area contributed by atoms with Gasteiger partial charge in [-0.2, -0.15) is 0 Å². The SMILES string of the molecule is [N-]=[N+]=NCCCc1coc2ccc(Cl)nc12. The Morgan fingerprint density at radius 3 is 3.19 bits per heavy atom. The zero-order chi connectivity index (χ0) is 11.4. The summed E-state index contributed by atoms with van der Waals surface area (Å²) in [7, 11) is 0. The number of fused-ring (bicyclic) bond motifs is 1. The van der Waals surface area contributed by atoms with Crippen LogP contribution in [0.1, 0.15) is 12.0 Å². The van der Waals surface area contributed by atoms with E-state index < -0.39 is 0 Å². The molecule has 0 saturated heterocycles. The van der Waals surface area contributed by atoms with Crippen LogP contribution in [-0.4, -0.2) is 11.5 Å². The van der Waals surface area contributed by atoms with Crippen molar-refractivity contribution < 1.29 is 4.42 Å². The first-order chi connectivity index (χ1) is 7.81. The second-order valence-corrected chi connectivity index (χ2v) is 3.69. The third kappa shape index (κ3) is 2.27. The molecule has 0 aromatic carbocycles. The number of hydrogen-bond donors (Lipinski definition) is 0. The molecule has 2 aromatic rings. The van der Waals surface area contributed by atoms with Gasteiger partial charge in [0, 0.05) is 17.0 Å². The fourth-order valence-electron chi connectivity index (χ4n) is 1.50. The first-order valence-electron chi connectivity index (χ1n) is 4.85. The molecule has 0 aliphatic carbocycles. The van der Waals surface area contributed by atoms with Crippen molar-refractivity contribution in [1.29, 1.82) is 0 Å². The lowest BCUT2D eigenvalue weighted by Gasteiger charge is -1.95. The van der Waals surface area contributed by atoms with E-state index >= 15 is 0 Å². The number of rotatable bonds is 4. The topological polar surface area (TPSA) is 74.8 Å². The van der Waals surface area contributed by atoms with Gasteiger partial charge in [-0.15, -0.1) is 0 Å². The predicted octanol–water partition coefficient (Wildman–Crippen LogP) is 3.72. The van der Waals surface area contributed by atoms with Crippen LogP contribution in [0, 0.1) is 0 Å². The molecule has 0 fully saturated rings. The molecular weight excluding hydrogens is 228 g/mol. The first-order valence-corrected chi connectivity index (χ1v) is 5.22. The summed E-state index contributed by atoms with van der Waals surface area (Å²) in [5.41, 5.74) is 10.6. The van der Waals surface area contributed by atoms with Gasteiger partial charge in [0.25, 0.3) is 0 Å². The lowest BCUT2D eigenvalue weighted by atomic mass is 10.1. The molecule has 0 atom stereocenters. The van der Waals surface area contributed by atoms with Gasteiger partial charge in [-0.05, 0) is 30.5 Å². The van der Waals surface area contributed by atoms with E-state index in [-0.39, 0.29) is 0 Å². The molecule has 5 nitrogen and oxygen atoms in total. The highest BCUT2D eigenvalue weighted by Crippen LogP contribution is 2.22. The Hall–Kier alpha value is -1.71. The molecule has 82 valence electrons. The minimum absolute atomic E-state index is 0.449. The second kappa shape index (κ2) is 4.88. The van der Waals surface area contributed by atoms with Crippen molar-refractivity contribution in [1.82, 2.24) is 4.98 Å². The van der Waals surface area contributed by atoms with E-state index in [4.69, 9.17) is 21.5 Å². The molecular formula is C10H9ClN4O. The highest BCUT2D eigenvalue weighted by molar-refractivity contribution is 6.29. The monoisotopic (exact) mass is 236 g/mol. The number of hydrogen-bond acceptors (Lipinski definition) is 3. The lowest BCUT2D eigenvalue weighted by molar-refractivity contribution is 0.608. The number of azide groups is 1. The van der Waals surface area contributed by atoms with E-state index in [1.165, 1.54) is 0 Å². The zero-order valence-electron chi connectivity index (χ0n) is 8.43. The lowest BCUT2D eigenvalue weighted by Crippen LogP contribution is -1.87. The van der Waals surface area contributed by atoms with Crippen molar-refractivity contribution in [3.63, 3.8) is 0 Å². The Morgan fingerprint density at radius 2 is 2.38 bits per heavy atom. The van der Waals surface area contributed by atoms with E-state index in [9.17, 15) is 0 Å². The van der Waals surface area contributed by atoms with Crippen LogP contribution in [0.15, 0.2) is 27.9 Å². The standard InChI is InChI=1S/C10H9ClN4O/c11-9-4-3-8-10(14-9)7(6-16-8)2-1-5-13-15-12/h3-4,6H,1-2,5H2. The van der Waals surface area contributed by atoms with Crippen molar-refractivity contribution in [2.45, 2.75) is 12.8 Å². The largest absolute Gasteiger partial charge is 0.462 e. The van der Waals surface area contributed by atoms with E-state index in [1.54, 1.807) is 18.4 Å². The van der Waals surface area contributed by atoms with Gasteiger partial charge in [-0.1, -0.05) is 16.7 Å². The van der Waals surface area contributed by atoms with Crippen LogP contribution in [0.2, 0.25) is 5.15 Å². The van der Waals surface area contributed by atoms with Crippen LogP contribution in [0.5, 0.6) is 0 Å². The van der Waals surface area contributed by atoms with Crippen LogP contribution in [-0.2, 0) is 6.42 Å². The van der Waals surface area contributed by atoms with E-state index in [2.05, 4.69) is 15.0 Å². The molecule has 2 aromatic heterocycles. The maximum Gasteiger partial charge on any atom is 0.152 e. The number of furan rings is 1. The normalized spacial score (nSPS) is 10.3. The van der Waals surface area contributed by atoms with E-state index in [1.807, 2.05) is 0 Å². The number of aryl methyl sites for hydroxylation is 1. The minimum Gasteiger partial charge on any atom is -0.462 e. The molecule has 0 bridgehead atoms. The van der Waals surface area contributed by atoms with E-state index in [0.29, 0.717) is 11.7 Å². The van der Waals surface area contributed by atoms with Crippen LogP contribution in [0.3, 0.4) is 0 Å². The Kier molecular flexibility index (Phi) is 3.29. The summed E-state index contributed by atoms with van der Waals surface area (Å²) in [6.07, 6.45) is 3.20. The number of aromatic nitrogens is 1. The summed E-state index contributed by atoms with van der Waals surface area (Å²) < 4.78 is 5.34. The predicted molar refractivity (Wildman–Crippen MR) is 61.4 cm³/mol. The molecule has 0 saturated carbocycles. The Morgan fingerprint density at radius 1 is 1.50 bits per heavy atom. The molecule has 0 radical (unpaired) electrons. The van der Waals surface area contributed by atoms with Gasteiger partial charge >= 0.3 is 0 Å². The highest BCUT2D eigenvalue weighted by atomic mass is 35.5. The third-order valence-corrected chi connectivity index (χ3v) is 2.43. The smallest absolute Gasteiger partial charge is 0.152 e. The molecule has 0 unspecified atom stereocenters. The highest BCUT2D eigenvalue weighted by Gasteiger charge is 2.07. The van der Waals surface area contributed by atoms with Crippen LogP contribution in [0.25, 0.3) is 21.5 Å². The molecule has 6 heteroatoms. The molecule has 2 heterocycles. The summed E-state index contributed by atoms with van der Waals surface area (Å²) in [5, 5.41) is 3.92. The van der Waals surface area contributed by atoms with Crippen LogP contribution in [0.4, 0.5) is 0 Å². The van der Waals surface area contributed by atoms with Crippen molar-refractivity contribution >= 4 is 22.7 Å². The fourth-order valence-corrected chi connectivity index (χ4v) is 1.65. The average molecular weight is 237 g/mol. The Balaban J connectivity index is 2.17. The van der Waals surface area contributed by atoms with Crippen molar-refractivity contribution in [3.8, 4) is 0 Å². The van der Waals surface area contributed by atoms with E-state index in [0.717, 1.165) is 29.5 Å². The number of pyridine rings is 1. The summed E-state index contributed by atoms with van der Waals surface area (Å²) in [5.74, 6) is 0. The van der Waals surface area contributed by atoms with Crippen molar-refractivity contribution in [2.75, 3.05) is 6.54 Å². The zero-order valence-corrected chi connectivity index (χ0v) is 9.18. The molecule has 0 spiro atoms. The molecule has 0 amide bonds. The molecule has 0 aliphatic rings. The van der Waals surface area contributed by atoms with Gasteiger partial charge in [0.2, 0.25) is 0 Å². The number of nitrogens with zero attached hydrogens (tertiary/aromatic N) is 4. The third-order valence-electron chi connectivity index (χ3n) is 2.22. The molecule has 2 rings (SSSR count). The number of halogens is 1. The summed E-state index contributed by atoms with van der Waals surface area (Å²) in [6.45, 7) is 0.476. The quantitative estimate of drug-likeness (QED) is 0.267. The van der Waals surface area contributed by atoms with Crippen LogP contribution < -0.4 is 0 Å². The van der Waals surface area contributed by atoms with Gasteiger partial charge in [0.1, 0.15) is 10.7 Å². The fraction of sp³-hybridized carbons (Fsp3) is 0.300. The van der Waals surface area contributed by atoms with Crippen LogP contribution >= 0.6 is 11.6 Å². The summed E-state index contributed by atoms with van der Waals surface area (Å²) in [6, 6.07) is 3.48. The van der Waals surface area contributed by atoms with Gasteiger partial charge in [-0.3, -0.25) is 0 Å². The maximum atomic E-state index is 8.14. The molecule has 16 heavy (non-hydrogen) atoms. The van der Waals surface area contributed by atoms with Crippen molar-refractivity contribution in [3.05, 3.63) is 39.6 Å². The van der Waals surface area contributed by atoms with Gasteiger partial charge in [0.15, 0.2) is 5.58 Å². The average Bonchev–Trinajstić information content (AvgIpc) is 2.67. The molecule has 0 aliphatic heterocycles. The first kappa shape index (κ1) is 10.8. The summed E-state index contributed by atoms with van der Waals surface area (Å²) >= 11 is 5.81. The van der Waals surface area contributed by atoms with Gasteiger partial charge in [0.05, 0.1) is 6.26 Å². The maximum absolute atomic E-state index is 8.14. The Bertz CT molecular complexity index is 545. The summed E-state index contributed by atoms with van der Waals surface area (Å²) in [4.78, 5) is 6.90. The Labute approximate surface area is 96.7 Å². The second-order valence-electron chi connectivity index (χ2n) is 3.30.